The number of fused-ring (bicyclic) bond motifs is 4. The molecule has 0 aliphatic carbocycles. The maximum atomic E-state index is 15.7. The second kappa shape index (κ2) is 9.96. The smallest absolute Gasteiger partial charge is 0.211 e. The molecule has 2 unspecified atom stereocenters. The van der Waals surface area contributed by atoms with Crippen molar-refractivity contribution < 1.29 is 9.13 Å². The van der Waals surface area contributed by atoms with Gasteiger partial charge in [-0.15, -0.1) is 0 Å². The fourth-order valence-electron chi connectivity index (χ4n) is 6.73. The molecule has 0 radical (unpaired) electrons. The van der Waals surface area contributed by atoms with Gasteiger partial charge < -0.3 is 9.46 Å². The third kappa shape index (κ3) is 3.86. The minimum absolute atomic E-state index is 0.648. The molecule has 4 nitrogen and oxygen atoms in total. The molecule has 5 aromatic carbocycles. The molecule has 2 atom stereocenters. The van der Waals surface area contributed by atoms with Crippen LogP contribution in [0.2, 0.25) is 0 Å². The minimum Gasteiger partial charge on any atom is -0.314 e. The van der Waals surface area contributed by atoms with Crippen LogP contribution in [0.3, 0.4) is 0 Å². The molecule has 6 heteroatoms. The summed E-state index contributed by atoms with van der Waals surface area (Å²) in [4.78, 5) is 2.26. The Bertz CT molecular complexity index is 1950. The molecule has 210 valence electrons. The van der Waals surface area contributed by atoms with Gasteiger partial charge in [0.05, 0.1) is 27.7 Å². The van der Waals surface area contributed by atoms with E-state index >= 15 is 4.57 Å². The molecule has 0 spiro atoms. The fourth-order valence-corrected chi connectivity index (χ4v) is 12.4. The Hall–Kier alpha value is -3.68. The summed E-state index contributed by atoms with van der Waals surface area (Å²) in [6.07, 6.45) is 0. The van der Waals surface area contributed by atoms with E-state index in [1.54, 1.807) is 0 Å². The normalized spacial score (nSPS) is 20.2. The first-order valence-electron chi connectivity index (χ1n) is 14.6. The first kappa shape index (κ1) is 27.2. The zero-order valence-electron chi connectivity index (χ0n) is 24.4. The van der Waals surface area contributed by atoms with E-state index in [-0.39, 0.29) is 0 Å². The Morgan fingerprint density at radius 3 is 1.64 bits per heavy atom. The summed E-state index contributed by atoms with van der Waals surface area (Å²) in [7, 11) is -6.27. The van der Waals surface area contributed by atoms with Gasteiger partial charge in [-0.2, -0.15) is 0 Å². The molecule has 0 fully saturated rings. The Kier molecular flexibility index (Phi) is 6.44. The summed E-state index contributed by atoms with van der Waals surface area (Å²) in [6, 6.07) is 37.4. The lowest BCUT2D eigenvalue weighted by Gasteiger charge is -2.46. The van der Waals surface area contributed by atoms with Gasteiger partial charge in [0.25, 0.3) is 0 Å². The van der Waals surface area contributed by atoms with Crippen molar-refractivity contribution in [3.63, 3.8) is 0 Å². The van der Waals surface area contributed by atoms with E-state index in [2.05, 4.69) is 90.1 Å². The van der Waals surface area contributed by atoms with E-state index in [9.17, 15) is 4.57 Å². The van der Waals surface area contributed by atoms with Crippen LogP contribution in [0.5, 0.6) is 0 Å². The van der Waals surface area contributed by atoms with E-state index in [1.165, 1.54) is 0 Å². The van der Waals surface area contributed by atoms with Gasteiger partial charge in [0.2, 0.25) is 7.29 Å². The van der Waals surface area contributed by atoms with Crippen LogP contribution in [0.15, 0.2) is 109 Å². The van der Waals surface area contributed by atoms with Crippen LogP contribution in [-0.2, 0) is 9.13 Å². The van der Waals surface area contributed by atoms with Gasteiger partial charge in [0.15, 0.2) is 0 Å². The van der Waals surface area contributed by atoms with Gasteiger partial charge in [0, 0.05) is 23.7 Å². The van der Waals surface area contributed by atoms with Gasteiger partial charge in [-0.1, -0.05) is 86.6 Å². The molecule has 0 bridgehead atoms. The number of benzene rings is 5. The maximum absolute atomic E-state index is 15.7. The SMILES string of the molecule is CCN(CC)P1(=O)c2ccc(-c3ccccc3)cc2N2c3cc(-c4ccccc4)ccc3P(C)(=O)c3cc(C)cc1c32. The molecule has 0 aromatic heterocycles. The van der Waals surface area contributed by atoms with Crippen molar-refractivity contribution in [2.24, 2.45) is 0 Å². The molecule has 42 heavy (non-hydrogen) atoms. The van der Waals surface area contributed by atoms with E-state index in [0.717, 1.165) is 66.1 Å². The van der Waals surface area contributed by atoms with Crippen LogP contribution in [0.25, 0.3) is 22.3 Å². The Balaban J connectivity index is 1.61. The first-order chi connectivity index (χ1) is 20.3. The quantitative estimate of drug-likeness (QED) is 0.196. The Morgan fingerprint density at radius 1 is 0.595 bits per heavy atom. The van der Waals surface area contributed by atoms with Crippen LogP contribution in [0.1, 0.15) is 19.4 Å². The third-order valence-electron chi connectivity index (χ3n) is 8.79. The van der Waals surface area contributed by atoms with Gasteiger partial charge in [-0.05, 0) is 77.8 Å². The van der Waals surface area contributed by atoms with Gasteiger partial charge in [-0.3, -0.25) is 4.57 Å². The van der Waals surface area contributed by atoms with Gasteiger partial charge in [0.1, 0.15) is 7.14 Å². The molecule has 2 aliphatic heterocycles. The summed E-state index contributed by atoms with van der Waals surface area (Å²) in [5.41, 5.74) is 7.93. The molecule has 2 aliphatic rings. The van der Waals surface area contributed by atoms with Crippen molar-refractivity contribution in [2.75, 3.05) is 24.7 Å². The minimum atomic E-state index is -3.25. The number of aryl methyl sites for hydroxylation is 1. The van der Waals surface area contributed by atoms with Crippen LogP contribution >= 0.6 is 14.4 Å². The zero-order chi connectivity index (χ0) is 29.2. The lowest BCUT2D eigenvalue weighted by atomic mass is 10.0. The highest BCUT2D eigenvalue weighted by atomic mass is 31.2. The Labute approximate surface area is 248 Å². The first-order valence-corrected chi connectivity index (χ1v) is 18.4. The molecule has 0 saturated carbocycles. The van der Waals surface area contributed by atoms with E-state index in [1.807, 2.05) is 56.1 Å². The lowest BCUT2D eigenvalue weighted by molar-refractivity contribution is 0.458. The number of hydrogen-bond acceptors (Lipinski definition) is 3. The van der Waals surface area contributed by atoms with Crippen molar-refractivity contribution in [1.29, 1.82) is 0 Å². The van der Waals surface area contributed by atoms with Crippen molar-refractivity contribution in [2.45, 2.75) is 20.8 Å². The molecule has 0 N–H and O–H groups in total. The predicted molar refractivity (Wildman–Crippen MR) is 179 cm³/mol. The maximum Gasteiger partial charge on any atom is 0.211 e. The second-order valence-electron chi connectivity index (χ2n) is 11.3. The number of nitrogens with zero attached hydrogens (tertiary/aromatic N) is 2. The van der Waals surface area contributed by atoms with Crippen LogP contribution in [-0.4, -0.2) is 24.4 Å². The van der Waals surface area contributed by atoms with E-state index < -0.39 is 14.4 Å². The monoisotopic (exact) mass is 588 g/mol. The summed E-state index contributed by atoms with van der Waals surface area (Å²) in [5.74, 6) is 0. The molecule has 7 rings (SSSR count). The third-order valence-corrected chi connectivity index (χ3v) is 14.7. The molecule has 2 heterocycles. The predicted octanol–water partition coefficient (Wildman–Crippen LogP) is 7.94. The van der Waals surface area contributed by atoms with Gasteiger partial charge >= 0.3 is 0 Å². The van der Waals surface area contributed by atoms with Crippen molar-refractivity contribution in [3.8, 4) is 22.3 Å². The number of anilines is 3. The van der Waals surface area contributed by atoms with Crippen molar-refractivity contribution in [1.82, 2.24) is 4.67 Å². The average molecular weight is 589 g/mol. The van der Waals surface area contributed by atoms with Crippen LogP contribution in [0, 0.1) is 6.92 Å². The second-order valence-corrected chi connectivity index (χ2v) is 16.8. The summed E-state index contributed by atoms with van der Waals surface area (Å²) in [5, 5.41) is 3.25. The molecular formula is C36H34N2O2P2. The summed E-state index contributed by atoms with van der Waals surface area (Å²) < 4.78 is 32.7. The highest BCUT2D eigenvalue weighted by molar-refractivity contribution is 7.80. The number of rotatable bonds is 5. The molecule has 5 aromatic rings. The number of hydrogen-bond donors (Lipinski definition) is 0. The van der Waals surface area contributed by atoms with E-state index in [0.29, 0.717) is 13.1 Å². The molecule has 0 amide bonds. The summed E-state index contributed by atoms with van der Waals surface area (Å²) >= 11 is 0. The van der Waals surface area contributed by atoms with Crippen molar-refractivity contribution >= 4 is 52.7 Å². The van der Waals surface area contributed by atoms with E-state index in [4.69, 9.17) is 0 Å². The fraction of sp³-hybridized carbons (Fsp3) is 0.167. The standard InChI is InChI=1S/C36H34N2O2P2/c1-5-37(6-2)42(40)33-20-18-29(27-15-11-8-12-16-27)24-31(33)38-30-23-28(26-13-9-7-10-14-26)17-19-32(30)41(4,39)34-21-25(3)22-35(42)36(34)38/h7-24H,5-6H2,1-4H3. The van der Waals surface area contributed by atoms with Gasteiger partial charge in [-0.25, -0.2) is 4.67 Å². The summed E-state index contributed by atoms with van der Waals surface area (Å²) in [6.45, 7) is 9.34. The highest BCUT2D eigenvalue weighted by Crippen LogP contribution is 2.61. The van der Waals surface area contributed by atoms with Crippen LogP contribution in [0.4, 0.5) is 17.1 Å². The Morgan fingerprint density at radius 2 is 1.10 bits per heavy atom. The van der Waals surface area contributed by atoms with Crippen molar-refractivity contribution in [3.05, 3.63) is 115 Å². The largest absolute Gasteiger partial charge is 0.314 e. The molecule has 0 saturated heterocycles. The average Bonchev–Trinajstić information content (AvgIpc) is 3.02. The highest BCUT2D eigenvalue weighted by Gasteiger charge is 2.49. The molecular weight excluding hydrogens is 554 g/mol. The topological polar surface area (TPSA) is 40.6 Å². The lowest BCUT2D eigenvalue weighted by Crippen LogP contribution is -2.46. The van der Waals surface area contributed by atoms with Crippen LogP contribution < -0.4 is 26.1 Å². The zero-order valence-corrected chi connectivity index (χ0v) is 26.2.